The first kappa shape index (κ1) is 12.4. The Morgan fingerprint density at radius 3 is 2.50 bits per heavy atom. The lowest BCUT2D eigenvalue weighted by Gasteiger charge is -2.45. The van der Waals surface area contributed by atoms with Crippen LogP contribution in [0, 0.1) is 11.8 Å². The van der Waals surface area contributed by atoms with Crippen molar-refractivity contribution in [1.29, 1.82) is 0 Å². The zero-order valence-electron chi connectivity index (χ0n) is 11.1. The van der Waals surface area contributed by atoms with Crippen molar-refractivity contribution in [2.45, 2.75) is 64.6 Å². The van der Waals surface area contributed by atoms with Gasteiger partial charge in [0.15, 0.2) is 0 Å². The van der Waals surface area contributed by atoms with Gasteiger partial charge in [-0.25, -0.2) is 0 Å². The Hall–Kier alpha value is -0.0800. The van der Waals surface area contributed by atoms with Crippen LogP contribution < -0.4 is 5.32 Å². The molecule has 2 rings (SSSR count). The van der Waals surface area contributed by atoms with E-state index in [1.807, 2.05) is 0 Å². The van der Waals surface area contributed by atoms with E-state index in [4.69, 9.17) is 4.74 Å². The number of ether oxygens (including phenoxy) is 1. The van der Waals surface area contributed by atoms with Crippen LogP contribution in [-0.2, 0) is 4.74 Å². The van der Waals surface area contributed by atoms with Crippen LogP contribution in [0.15, 0.2) is 0 Å². The molecule has 1 saturated carbocycles. The molecule has 94 valence electrons. The van der Waals surface area contributed by atoms with Gasteiger partial charge in [0.2, 0.25) is 0 Å². The lowest BCUT2D eigenvalue weighted by atomic mass is 9.82. The van der Waals surface area contributed by atoms with Gasteiger partial charge in [0, 0.05) is 13.1 Å². The molecule has 1 N–H and O–H groups in total. The van der Waals surface area contributed by atoms with Crippen molar-refractivity contribution < 1.29 is 4.74 Å². The predicted molar refractivity (Wildman–Crippen MR) is 67.6 cm³/mol. The third kappa shape index (κ3) is 2.60. The largest absolute Gasteiger partial charge is 0.369 e. The van der Waals surface area contributed by atoms with Gasteiger partial charge >= 0.3 is 0 Å². The number of hydrogen-bond donors (Lipinski definition) is 1. The highest BCUT2D eigenvalue weighted by Crippen LogP contribution is 2.33. The van der Waals surface area contributed by atoms with Crippen molar-refractivity contribution in [3.8, 4) is 0 Å². The number of hydrogen-bond acceptors (Lipinski definition) is 2. The molecule has 16 heavy (non-hydrogen) atoms. The highest BCUT2D eigenvalue weighted by Gasteiger charge is 2.38. The zero-order valence-corrected chi connectivity index (χ0v) is 11.1. The lowest BCUT2D eigenvalue weighted by Crippen LogP contribution is -2.56. The van der Waals surface area contributed by atoms with Gasteiger partial charge in [0.1, 0.15) is 0 Å². The van der Waals surface area contributed by atoms with E-state index in [2.05, 4.69) is 26.1 Å². The molecule has 1 aliphatic carbocycles. The zero-order chi connectivity index (χ0) is 11.6. The number of rotatable bonds is 2. The third-order valence-corrected chi connectivity index (χ3v) is 4.64. The summed E-state index contributed by atoms with van der Waals surface area (Å²) >= 11 is 0. The summed E-state index contributed by atoms with van der Waals surface area (Å²) in [6, 6.07) is 0. The van der Waals surface area contributed by atoms with E-state index in [1.54, 1.807) is 0 Å². The van der Waals surface area contributed by atoms with Crippen LogP contribution in [0.4, 0.5) is 0 Å². The molecule has 1 saturated heterocycles. The smallest absolute Gasteiger partial charge is 0.0805 e. The van der Waals surface area contributed by atoms with Crippen LogP contribution in [0.25, 0.3) is 0 Å². The molecule has 0 aromatic heterocycles. The summed E-state index contributed by atoms with van der Waals surface area (Å²) in [7, 11) is 0. The molecule has 0 radical (unpaired) electrons. The van der Waals surface area contributed by atoms with Gasteiger partial charge in [-0.1, -0.05) is 33.1 Å². The van der Waals surface area contributed by atoms with Crippen LogP contribution >= 0.6 is 0 Å². The molecule has 0 spiro atoms. The van der Waals surface area contributed by atoms with Gasteiger partial charge in [-0.15, -0.1) is 0 Å². The Bertz CT molecular complexity index is 223. The molecule has 1 aliphatic heterocycles. The first-order valence-corrected chi connectivity index (χ1v) is 7.00. The molecule has 2 heteroatoms. The molecule has 1 heterocycles. The fraction of sp³-hybridized carbons (Fsp3) is 1.00. The number of nitrogens with one attached hydrogen (secondary N) is 1. The van der Waals surface area contributed by atoms with E-state index < -0.39 is 0 Å². The fourth-order valence-corrected chi connectivity index (χ4v) is 3.00. The van der Waals surface area contributed by atoms with E-state index in [9.17, 15) is 0 Å². The third-order valence-electron chi connectivity index (χ3n) is 4.64. The molecule has 0 aromatic carbocycles. The minimum absolute atomic E-state index is 0.0420. The van der Waals surface area contributed by atoms with Gasteiger partial charge < -0.3 is 10.1 Å². The summed E-state index contributed by atoms with van der Waals surface area (Å²) in [6.45, 7) is 8.87. The Labute approximate surface area is 100 Å². The normalized spacial score (nSPS) is 37.9. The first-order chi connectivity index (χ1) is 7.62. The van der Waals surface area contributed by atoms with Crippen LogP contribution in [0.3, 0.4) is 0 Å². The molecule has 2 unspecified atom stereocenters. The molecule has 2 fully saturated rings. The van der Waals surface area contributed by atoms with Crippen LogP contribution in [0.2, 0.25) is 0 Å². The Morgan fingerprint density at radius 2 is 1.88 bits per heavy atom. The molecule has 2 aliphatic rings. The lowest BCUT2D eigenvalue weighted by molar-refractivity contribution is -0.151. The number of morpholine rings is 1. The second-order valence-electron chi connectivity index (χ2n) is 6.15. The van der Waals surface area contributed by atoms with Gasteiger partial charge in [-0.2, -0.15) is 0 Å². The molecule has 0 aromatic rings. The van der Waals surface area contributed by atoms with Crippen molar-refractivity contribution in [3.05, 3.63) is 0 Å². The summed E-state index contributed by atoms with van der Waals surface area (Å²) in [6.07, 6.45) is 7.45. The second-order valence-corrected chi connectivity index (χ2v) is 6.15. The fourth-order valence-electron chi connectivity index (χ4n) is 3.00. The van der Waals surface area contributed by atoms with E-state index >= 15 is 0 Å². The van der Waals surface area contributed by atoms with Crippen molar-refractivity contribution in [1.82, 2.24) is 5.32 Å². The van der Waals surface area contributed by atoms with Gasteiger partial charge in [-0.05, 0) is 31.6 Å². The van der Waals surface area contributed by atoms with E-state index in [1.165, 1.54) is 32.1 Å². The minimum Gasteiger partial charge on any atom is -0.369 e. The average Bonchev–Trinajstić information content (AvgIpc) is 2.30. The van der Waals surface area contributed by atoms with Crippen LogP contribution in [0.1, 0.15) is 52.9 Å². The van der Waals surface area contributed by atoms with Crippen LogP contribution in [0.5, 0.6) is 0 Å². The SMILES string of the molecule is CC(C)C1(C)CNCC(C2CCCCC2)O1. The summed E-state index contributed by atoms with van der Waals surface area (Å²) < 4.78 is 6.41. The van der Waals surface area contributed by atoms with Gasteiger partial charge in [-0.3, -0.25) is 0 Å². The quantitative estimate of drug-likeness (QED) is 0.780. The summed E-state index contributed by atoms with van der Waals surface area (Å²) in [5.41, 5.74) is 0.0420. The summed E-state index contributed by atoms with van der Waals surface area (Å²) in [4.78, 5) is 0. The van der Waals surface area contributed by atoms with E-state index in [0.717, 1.165) is 19.0 Å². The Kier molecular flexibility index (Phi) is 3.91. The van der Waals surface area contributed by atoms with E-state index in [0.29, 0.717) is 12.0 Å². The van der Waals surface area contributed by atoms with Crippen molar-refractivity contribution in [2.24, 2.45) is 11.8 Å². The molecule has 0 amide bonds. The minimum atomic E-state index is 0.0420. The van der Waals surface area contributed by atoms with Gasteiger partial charge in [0.05, 0.1) is 11.7 Å². The average molecular weight is 225 g/mol. The standard InChI is InChI=1S/C14H27NO/c1-11(2)14(3)10-15-9-13(16-14)12-7-5-4-6-8-12/h11-13,15H,4-10H2,1-3H3. The van der Waals surface area contributed by atoms with Crippen molar-refractivity contribution in [3.63, 3.8) is 0 Å². The van der Waals surface area contributed by atoms with Crippen molar-refractivity contribution >= 4 is 0 Å². The topological polar surface area (TPSA) is 21.3 Å². The second kappa shape index (κ2) is 5.05. The Balaban J connectivity index is 1.95. The summed E-state index contributed by atoms with van der Waals surface area (Å²) in [5, 5.41) is 3.58. The highest BCUT2D eigenvalue weighted by atomic mass is 16.5. The predicted octanol–water partition coefficient (Wildman–Crippen LogP) is 2.97. The van der Waals surface area contributed by atoms with E-state index in [-0.39, 0.29) is 5.60 Å². The van der Waals surface area contributed by atoms with Gasteiger partial charge in [0.25, 0.3) is 0 Å². The molecular formula is C14H27NO. The maximum absolute atomic E-state index is 6.41. The molecule has 2 nitrogen and oxygen atoms in total. The first-order valence-electron chi connectivity index (χ1n) is 7.00. The molecule has 0 bridgehead atoms. The van der Waals surface area contributed by atoms with Crippen LogP contribution in [-0.4, -0.2) is 24.8 Å². The molecular weight excluding hydrogens is 198 g/mol. The maximum atomic E-state index is 6.41. The monoisotopic (exact) mass is 225 g/mol. The highest BCUT2D eigenvalue weighted by molar-refractivity contribution is 4.90. The maximum Gasteiger partial charge on any atom is 0.0805 e. The summed E-state index contributed by atoms with van der Waals surface area (Å²) in [5.74, 6) is 1.39. The Morgan fingerprint density at radius 1 is 1.19 bits per heavy atom. The molecule has 2 atom stereocenters. The van der Waals surface area contributed by atoms with Crippen molar-refractivity contribution in [2.75, 3.05) is 13.1 Å².